The lowest BCUT2D eigenvalue weighted by atomic mass is 9.49. The normalized spacial score (nSPS) is 49.4. The molecule has 4 bridgehead atoms. The molecule has 2 heteroatoms. The third kappa shape index (κ3) is 1.16. The predicted molar refractivity (Wildman–Crippen MR) is 62.3 cm³/mol. The zero-order chi connectivity index (χ0) is 9.76. The zero-order valence-electron chi connectivity index (χ0n) is 8.88. The SMILES string of the molecule is CNC(=S)C12CC3CC(CC(C3)C1)C2. The highest BCUT2D eigenvalue weighted by atomic mass is 32.1. The van der Waals surface area contributed by atoms with Crippen LogP contribution < -0.4 is 5.32 Å². The molecule has 4 saturated carbocycles. The molecule has 0 saturated heterocycles. The Bertz CT molecular complexity index is 236. The van der Waals surface area contributed by atoms with E-state index in [-0.39, 0.29) is 0 Å². The standard InChI is InChI=1S/C12H19NS/c1-13-11(14)12-5-8-2-9(6-12)4-10(3-8)7-12/h8-10H,2-7H2,1H3,(H,13,14). The van der Waals surface area contributed by atoms with E-state index in [2.05, 4.69) is 5.32 Å². The largest absolute Gasteiger partial charge is 0.382 e. The van der Waals surface area contributed by atoms with Crippen LogP contribution in [-0.2, 0) is 0 Å². The quantitative estimate of drug-likeness (QED) is 0.666. The number of rotatable bonds is 1. The van der Waals surface area contributed by atoms with Gasteiger partial charge in [-0.3, -0.25) is 0 Å². The van der Waals surface area contributed by atoms with E-state index in [1.54, 1.807) is 0 Å². The number of nitrogens with one attached hydrogen (secondary N) is 1. The molecule has 4 aliphatic carbocycles. The molecule has 0 aromatic carbocycles. The Morgan fingerprint density at radius 3 is 1.86 bits per heavy atom. The van der Waals surface area contributed by atoms with Crippen LogP contribution in [0.25, 0.3) is 0 Å². The summed E-state index contributed by atoms with van der Waals surface area (Å²) in [4.78, 5) is 1.16. The third-order valence-corrected chi connectivity index (χ3v) is 5.38. The average Bonchev–Trinajstić information content (AvgIpc) is 2.14. The van der Waals surface area contributed by atoms with Gasteiger partial charge in [0.25, 0.3) is 0 Å². The molecule has 0 amide bonds. The molecule has 4 fully saturated rings. The van der Waals surface area contributed by atoms with Crippen LogP contribution in [0, 0.1) is 23.2 Å². The van der Waals surface area contributed by atoms with Crippen LogP contribution in [0.5, 0.6) is 0 Å². The van der Waals surface area contributed by atoms with Crippen LogP contribution in [0.1, 0.15) is 38.5 Å². The summed E-state index contributed by atoms with van der Waals surface area (Å²) in [6.07, 6.45) is 8.68. The Balaban J connectivity index is 1.91. The Morgan fingerprint density at radius 1 is 1.07 bits per heavy atom. The molecular formula is C12H19NS. The third-order valence-electron chi connectivity index (χ3n) is 4.75. The van der Waals surface area contributed by atoms with Crippen molar-refractivity contribution in [3.63, 3.8) is 0 Å². The summed E-state index contributed by atoms with van der Waals surface area (Å²) in [7, 11) is 2.00. The molecule has 0 atom stereocenters. The first-order valence-electron chi connectivity index (χ1n) is 5.94. The summed E-state index contributed by atoms with van der Waals surface area (Å²) in [6.45, 7) is 0. The van der Waals surface area contributed by atoms with Crippen molar-refractivity contribution in [1.29, 1.82) is 0 Å². The van der Waals surface area contributed by atoms with Crippen LogP contribution in [0.15, 0.2) is 0 Å². The Kier molecular flexibility index (Phi) is 1.92. The van der Waals surface area contributed by atoms with E-state index in [1.807, 2.05) is 7.05 Å². The summed E-state index contributed by atoms with van der Waals surface area (Å²) in [5.74, 6) is 3.02. The number of hydrogen-bond acceptors (Lipinski definition) is 1. The van der Waals surface area contributed by atoms with Gasteiger partial charge in [-0.05, 0) is 56.3 Å². The van der Waals surface area contributed by atoms with Crippen molar-refractivity contribution in [1.82, 2.24) is 5.32 Å². The molecule has 0 unspecified atom stereocenters. The van der Waals surface area contributed by atoms with Gasteiger partial charge in [0, 0.05) is 12.5 Å². The molecule has 0 aromatic heterocycles. The van der Waals surface area contributed by atoms with Crippen molar-refractivity contribution in [2.75, 3.05) is 7.05 Å². The highest BCUT2D eigenvalue weighted by Gasteiger charge is 2.52. The lowest BCUT2D eigenvalue weighted by molar-refractivity contribution is -0.0124. The molecule has 14 heavy (non-hydrogen) atoms. The molecule has 0 aromatic rings. The summed E-state index contributed by atoms with van der Waals surface area (Å²) in [5, 5.41) is 3.25. The minimum Gasteiger partial charge on any atom is -0.382 e. The molecule has 78 valence electrons. The van der Waals surface area contributed by atoms with Gasteiger partial charge >= 0.3 is 0 Å². The van der Waals surface area contributed by atoms with Gasteiger partial charge in [0.1, 0.15) is 0 Å². The minimum atomic E-state index is 0.429. The van der Waals surface area contributed by atoms with Gasteiger partial charge < -0.3 is 5.32 Å². The predicted octanol–water partition coefficient (Wildman–Crippen LogP) is 2.75. The summed E-state index contributed by atoms with van der Waals surface area (Å²) in [5.41, 5.74) is 0.429. The van der Waals surface area contributed by atoms with Crippen LogP contribution in [0.4, 0.5) is 0 Å². The Morgan fingerprint density at radius 2 is 1.50 bits per heavy atom. The molecule has 0 radical (unpaired) electrons. The van der Waals surface area contributed by atoms with E-state index < -0.39 is 0 Å². The molecule has 1 N–H and O–H groups in total. The molecular weight excluding hydrogens is 190 g/mol. The highest BCUT2D eigenvalue weighted by Crippen LogP contribution is 2.60. The second kappa shape index (κ2) is 2.94. The van der Waals surface area contributed by atoms with Gasteiger partial charge in [-0.25, -0.2) is 0 Å². The topological polar surface area (TPSA) is 12.0 Å². The molecule has 1 nitrogen and oxygen atoms in total. The average molecular weight is 209 g/mol. The van der Waals surface area contributed by atoms with Gasteiger partial charge in [-0.1, -0.05) is 12.2 Å². The van der Waals surface area contributed by atoms with Crippen molar-refractivity contribution in [3.8, 4) is 0 Å². The first kappa shape index (κ1) is 9.14. The van der Waals surface area contributed by atoms with Crippen LogP contribution in [0.3, 0.4) is 0 Å². The van der Waals surface area contributed by atoms with Crippen LogP contribution in [-0.4, -0.2) is 12.0 Å². The fourth-order valence-corrected chi connectivity index (χ4v) is 4.90. The van der Waals surface area contributed by atoms with E-state index in [9.17, 15) is 0 Å². The van der Waals surface area contributed by atoms with E-state index in [4.69, 9.17) is 12.2 Å². The fraction of sp³-hybridized carbons (Fsp3) is 0.917. The Labute approximate surface area is 91.6 Å². The Hall–Kier alpha value is -0.110. The summed E-state index contributed by atoms with van der Waals surface area (Å²) in [6, 6.07) is 0. The van der Waals surface area contributed by atoms with Crippen molar-refractivity contribution >= 4 is 17.2 Å². The molecule has 0 aliphatic heterocycles. The van der Waals surface area contributed by atoms with Crippen molar-refractivity contribution in [3.05, 3.63) is 0 Å². The lowest BCUT2D eigenvalue weighted by Crippen LogP contribution is -2.52. The van der Waals surface area contributed by atoms with Gasteiger partial charge in [0.2, 0.25) is 0 Å². The maximum absolute atomic E-state index is 5.54. The maximum Gasteiger partial charge on any atom is 0.0813 e. The van der Waals surface area contributed by atoms with Crippen molar-refractivity contribution in [2.24, 2.45) is 23.2 Å². The van der Waals surface area contributed by atoms with Gasteiger partial charge in [0.05, 0.1) is 4.99 Å². The van der Waals surface area contributed by atoms with Gasteiger partial charge in [-0.2, -0.15) is 0 Å². The van der Waals surface area contributed by atoms with Crippen LogP contribution >= 0.6 is 12.2 Å². The first-order chi connectivity index (χ1) is 6.72. The number of thiocarbonyl (C=S) groups is 1. The number of hydrogen-bond donors (Lipinski definition) is 1. The van der Waals surface area contributed by atoms with E-state index in [0.29, 0.717) is 5.41 Å². The van der Waals surface area contributed by atoms with Gasteiger partial charge in [0.15, 0.2) is 0 Å². The molecule has 4 aliphatic rings. The summed E-state index contributed by atoms with van der Waals surface area (Å²) < 4.78 is 0. The molecule has 4 rings (SSSR count). The second-order valence-corrected chi connectivity index (χ2v) is 6.19. The van der Waals surface area contributed by atoms with Crippen LogP contribution in [0.2, 0.25) is 0 Å². The second-order valence-electron chi connectivity index (χ2n) is 5.78. The lowest BCUT2D eigenvalue weighted by Gasteiger charge is -2.56. The molecule has 0 heterocycles. The smallest absolute Gasteiger partial charge is 0.0813 e. The monoisotopic (exact) mass is 209 g/mol. The highest BCUT2D eigenvalue weighted by molar-refractivity contribution is 7.80. The fourth-order valence-electron chi connectivity index (χ4n) is 4.65. The first-order valence-corrected chi connectivity index (χ1v) is 6.35. The van der Waals surface area contributed by atoms with Crippen molar-refractivity contribution < 1.29 is 0 Å². The molecule has 0 spiro atoms. The minimum absolute atomic E-state index is 0.429. The maximum atomic E-state index is 5.54. The van der Waals surface area contributed by atoms with Crippen molar-refractivity contribution in [2.45, 2.75) is 38.5 Å². The van der Waals surface area contributed by atoms with E-state index in [1.165, 1.54) is 38.5 Å². The zero-order valence-corrected chi connectivity index (χ0v) is 9.70. The van der Waals surface area contributed by atoms with Gasteiger partial charge in [-0.15, -0.1) is 0 Å². The van der Waals surface area contributed by atoms with E-state index >= 15 is 0 Å². The summed E-state index contributed by atoms with van der Waals surface area (Å²) >= 11 is 5.54. The van der Waals surface area contributed by atoms with E-state index in [0.717, 1.165) is 22.7 Å².